The van der Waals surface area contributed by atoms with Gasteiger partial charge in [-0.3, -0.25) is 27.9 Å². The van der Waals surface area contributed by atoms with E-state index in [2.05, 4.69) is 81.0 Å². The van der Waals surface area contributed by atoms with Gasteiger partial charge in [0.05, 0.1) is 23.4 Å². The van der Waals surface area contributed by atoms with Gasteiger partial charge in [-0.1, -0.05) is 36.4 Å². The molecular weight excluding hydrogens is 1070 g/mol. The maximum absolute atomic E-state index is 11.1. The first-order chi connectivity index (χ1) is 40.1. The van der Waals surface area contributed by atoms with Crippen molar-refractivity contribution in [1.82, 2.24) is 49.4 Å². The molecule has 0 aliphatic carbocycles. The fraction of sp³-hybridized carbons (Fsp3) is 0.167. The minimum absolute atomic E-state index is 0.0750. The first-order valence-corrected chi connectivity index (χ1v) is 28.5. The molecule has 0 bridgehead atoms. The molecule has 0 spiro atoms. The molecule has 4 N–H and O–H groups in total. The van der Waals surface area contributed by atoms with Crippen LogP contribution in [-0.2, 0) is 46.5 Å². The number of imidazole rings is 1. The number of rotatable bonds is 15. The molecule has 22 heteroatoms. The number of fused-ring (bicyclic) bond motifs is 4. The van der Waals surface area contributed by atoms with Gasteiger partial charge in [-0.05, 0) is 139 Å². The number of nitrogens with zero attached hydrogens (tertiary/aromatic N) is 11. The van der Waals surface area contributed by atoms with Gasteiger partial charge < -0.3 is 33.9 Å². The molecule has 0 saturated carbocycles. The summed E-state index contributed by atoms with van der Waals surface area (Å²) in [5.41, 5.74) is 15.2. The molecule has 2 aliphatic rings. The van der Waals surface area contributed by atoms with Gasteiger partial charge in [0.15, 0.2) is 5.65 Å². The third-order valence-electron chi connectivity index (χ3n) is 14.4. The Hall–Kier alpha value is -9.32. The van der Waals surface area contributed by atoms with E-state index in [9.17, 15) is 17.5 Å². The van der Waals surface area contributed by atoms with E-state index >= 15 is 0 Å². The predicted molar refractivity (Wildman–Crippen MR) is 318 cm³/mol. The zero-order chi connectivity index (χ0) is 56.1. The summed E-state index contributed by atoms with van der Waals surface area (Å²) in [5, 5.41) is 10.7. The fourth-order valence-corrected chi connectivity index (χ4v) is 11.2. The van der Waals surface area contributed by atoms with Crippen LogP contribution in [0.5, 0.6) is 0 Å². The van der Waals surface area contributed by atoms with Crippen LogP contribution in [0.3, 0.4) is 0 Å². The smallest absolute Gasteiger partial charge is 0.165 e. The van der Waals surface area contributed by atoms with E-state index in [1.165, 1.54) is 0 Å². The molecule has 410 valence electrons. The number of aryl methyl sites for hydroxylation is 2. The van der Waals surface area contributed by atoms with Gasteiger partial charge in [0.25, 0.3) is 0 Å². The highest BCUT2D eigenvalue weighted by molar-refractivity contribution is 7.80. The van der Waals surface area contributed by atoms with E-state index in [1.807, 2.05) is 71.4 Å². The molecule has 7 aromatic heterocycles. The Kier molecular flexibility index (Phi) is 15.5. The highest BCUT2D eigenvalue weighted by Gasteiger charge is 2.24. The van der Waals surface area contributed by atoms with Crippen LogP contribution >= 0.6 is 0 Å². The number of aromatic nitrogens is 10. The summed E-state index contributed by atoms with van der Waals surface area (Å²) in [7, 11) is 0. The highest BCUT2D eigenvalue weighted by atomic mass is 32.2. The average molecular weight is 1130 g/mol. The van der Waals surface area contributed by atoms with Gasteiger partial charge in [-0.2, -0.15) is 0 Å². The van der Waals surface area contributed by atoms with E-state index < -0.39 is 22.5 Å². The lowest BCUT2D eigenvalue weighted by Crippen LogP contribution is -2.17. The van der Waals surface area contributed by atoms with Crippen LogP contribution in [0.2, 0.25) is 0 Å². The van der Waals surface area contributed by atoms with Crippen molar-refractivity contribution in [3.8, 4) is 22.5 Å². The second-order valence-corrected chi connectivity index (χ2v) is 20.9. The summed E-state index contributed by atoms with van der Waals surface area (Å²) in [6, 6.07) is 34.2. The summed E-state index contributed by atoms with van der Waals surface area (Å²) < 4.78 is 57.1. The lowest BCUT2D eigenvalue weighted by atomic mass is 9.94. The number of benzene rings is 4. The Balaban J connectivity index is 0.000000164. The summed E-state index contributed by atoms with van der Waals surface area (Å²) in [4.78, 5) is 46.2. The van der Waals surface area contributed by atoms with Crippen LogP contribution in [0, 0.1) is 13.8 Å². The van der Waals surface area contributed by atoms with Gasteiger partial charge in [0.1, 0.15) is 53.1 Å². The molecule has 2 aliphatic heterocycles. The van der Waals surface area contributed by atoms with E-state index in [-0.39, 0.29) is 6.23 Å². The molecule has 0 radical (unpaired) electrons. The Morgan fingerprint density at radius 3 is 1.74 bits per heavy atom. The van der Waals surface area contributed by atoms with Crippen LogP contribution < -0.4 is 20.1 Å². The molecule has 3 atom stereocenters. The van der Waals surface area contributed by atoms with E-state index in [1.54, 1.807) is 80.2 Å². The summed E-state index contributed by atoms with van der Waals surface area (Å²) in [6.45, 7) is 4.92. The van der Waals surface area contributed by atoms with E-state index in [0.717, 1.165) is 126 Å². The minimum atomic E-state index is -2.41. The lowest BCUT2D eigenvalue weighted by molar-refractivity contribution is -0.0298. The predicted octanol–water partition coefficient (Wildman–Crippen LogP) is 11.2. The number of aliphatic imine (C=N–C) groups is 1. The molecule has 11 aromatic rings. The Bertz CT molecular complexity index is 4290. The monoisotopic (exact) mass is 1130 g/mol. The summed E-state index contributed by atoms with van der Waals surface area (Å²) in [5.74, 6) is 1.34. The zero-order valence-corrected chi connectivity index (χ0v) is 45.9. The van der Waals surface area contributed by atoms with Crippen LogP contribution in [0.4, 0.5) is 40.1 Å². The molecule has 20 nitrogen and oxygen atoms in total. The first kappa shape index (κ1) is 53.3. The van der Waals surface area contributed by atoms with Gasteiger partial charge in [0, 0.05) is 124 Å². The van der Waals surface area contributed by atoms with E-state index in [4.69, 9.17) is 19.7 Å². The zero-order valence-electron chi connectivity index (χ0n) is 44.3. The molecule has 1 saturated heterocycles. The van der Waals surface area contributed by atoms with Crippen molar-refractivity contribution < 1.29 is 22.3 Å². The maximum atomic E-state index is 11.1. The Labute approximate surface area is 476 Å². The largest absolute Gasteiger partial charge is 0.755 e. The lowest BCUT2D eigenvalue weighted by Gasteiger charge is -2.23. The SMILES string of the molecule is Cc1ccc2c(Nc3cccc(NS(=O)[O-])c3)nccc2c1Cc1ncccc1-c1ncnc2c1N=CC2.Cc1ccc2c(Nc3cccc(NS(=O)[O-])c3)nccc2c1Cc1ncccc1-c1ncnc2c1ncn2C1CCCCO1. The standard InChI is InChI=1S/C32H30N8O3S.C28H23N7O2S/c1-20-10-11-24-23(12-14-34-31(24)38-21-6-4-7-22(16-21)39-44(41)42)26(20)17-27-25(8-5-13-33-27)29-30-32(36-18-35-29)40(19-37-30)28-9-2-3-15-43-28;1-17-7-8-21-20(9-12-31-28(21)34-18-4-2-5-19(14-18)35-38(36)37)23(17)15-25-22(6-3-11-29-25)26-27-24(10-13-30-27)32-16-33-26/h4-8,10-14,16,18-19,28,39H,2-3,9,15,17H2,1H3,(H,34,38)(H,41,42);2-9,11-14,16,35H,10,15H2,1H3,(H,31,34)(H,36,37)/p-2. The third-order valence-corrected chi connectivity index (χ3v) is 15.2. The van der Waals surface area contributed by atoms with E-state index in [0.29, 0.717) is 53.6 Å². The maximum Gasteiger partial charge on any atom is 0.165 e. The quantitative estimate of drug-likeness (QED) is 0.0695. The molecule has 0 amide bonds. The van der Waals surface area contributed by atoms with Crippen molar-refractivity contribution >= 4 is 102 Å². The normalized spacial score (nSPS) is 14.5. The molecular formula is C60H51N15O5S2-2. The molecule has 13 rings (SSSR count). The molecule has 1 fully saturated rings. The van der Waals surface area contributed by atoms with Gasteiger partial charge >= 0.3 is 0 Å². The molecule has 82 heavy (non-hydrogen) atoms. The first-order valence-electron chi connectivity index (χ1n) is 26.4. The van der Waals surface area contributed by atoms with Crippen molar-refractivity contribution in [3.05, 3.63) is 192 Å². The van der Waals surface area contributed by atoms with Crippen LogP contribution in [0.1, 0.15) is 64.8 Å². The van der Waals surface area contributed by atoms with Gasteiger partial charge in [-0.25, -0.2) is 34.9 Å². The Morgan fingerprint density at radius 2 is 1.16 bits per heavy atom. The third kappa shape index (κ3) is 11.4. The average Bonchev–Trinajstić information content (AvgIpc) is 4.33. The van der Waals surface area contributed by atoms with Gasteiger partial charge in [0.2, 0.25) is 0 Å². The number of pyridine rings is 4. The number of hydrogen-bond donors (Lipinski definition) is 4. The number of anilines is 6. The van der Waals surface area contributed by atoms with Crippen LogP contribution in [0.15, 0.2) is 158 Å². The summed E-state index contributed by atoms with van der Waals surface area (Å²) in [6.07, 6.45) is 18.9. The number of ether oxygens (including phenoxy) is 1. The topological polar surface area (TPSA) is 271 Å². The molecule has 4 aromatic carbocycles. The van der Waals surface area contributed by atoms with Crippen molar-refractivity contribution in [2.75, 3.05) is 26.7 Å². The fourth-order valence-electron chi connectivity index (χ4n) is 10.6. The summed E-state index contributed by atoms with van der Waals surface area (Å²) >= 11 is -4.81. The van der Waals surface area contributed by atoms with Crippen molar-refractivity contribution in [2.24, 2.45) is 4.99 Å². The van der Waals surface area contributed by atoms with Crippen molar-refractivity contribution in [1.29, 1.82) is 0 Å². The van der Waals surface area contributed by atoms with Crippen LogP contribution in [-0.4, -0.2) is 79.8 Å². The minimum Gasteiger partial charge on any atom is -0.755 e. The number of nitrogens with one attached hydrogen (secondary N) is 4. The second kappa shape index (κ2) is 23.8. The molecule has 3 unspecified atom stereocenters. The van der Waals surface area contributed by atoms with Gasteiger partial charge in [-0.15, -0.1) is 0 Å². The number of hydrogen-bond acceptors (Lipinski definition) is 17. The molecule has 9 heterocycles. The van der Waals surface area contributed by atoms with Crippen LogP contribution in [0.25, 0.3) is 55.2 Å². The van der Waals surface area contributed by atoms with Crippen molar-refractivity contribution in [3.63, 3.8) is 0 Å². The second-order valence-electron chi connectivity index (χ2n) is 19.6. The highest BCUT2D eigenvalue weighted by Crippen LogP contribution is 2.38. The van der Waals surface area contributed by atoms with Crippen molar-refractivity contribution in [2.45, 2.75) is 58.6 Å². The Morgan fingerprint density at radius 1 is 0.585 bits per heavy atom.